The van der Waals surface area contributed by atoms with Crippen LogP contribution in [0.25, 0.3) is 11.4 Å². The van der Waals surface area contributed by atoms with E-state index in [2.05, 4.69) is 20.4 Å². The van der Waals surface area contributed by atoms with Crippen molar-refractivity contribution < 1.29 is 9.32 Å². The Bertz CT molecular complexity index is 1060. The van der Waals surface area contributed by atoms with Gasteiger partial charge in [0, 0.05) is 28.6 Å². The van der Waals surface area contributed by atoms with Gasteiger partial charge in [-0.05, 0) is 68.0 Å². The molecule has 0 radical (unpaired) electrons. The first-order valence-corrected chi connectivity index (χ1v) is 12.8. The molecule has 1 aliphatic heterocycles. The summed E-state index contributed by atoms with van der Waals surface area (Å²) >= 11 is 13.9. The van der Waals surface area contributed by atoms with Crippen LogP contribution in [-0.2, 0) is 11.3 Å². The van der Waals surface area contributed by atoms with Gasteiger partial charge in [0.25, 0.3) is 0 Å². The van der Waals surface area contributed by atoms with Gasteiger partial charge < -0.3 is 9.84 Å². The Morgan fingerprint density at radius 3 is 2.82 bits per heavy atom. The van der Waals surface area contributed by atoms with Crippen molar-refractivity contribution in [3.8, 4) is 11.4 Å². The SMILES string of the molecule is O=C(NCCCSc1ccc(Cl)cc1)C1CCCN(Cc2nc(-c3ccccc3Cl)no2)C1. The zero-order valence-corrected chi connectivity index (χ0v) is 20.5. The number of likely N-dealkylation sites (tertiary alicyclic amines) is 1. The number of piperidine rings is 1. The van der Waals surface area contributed by atoms with Crippen LogP contribution in [0.15, 0.2) is 57.9 Å². The van der Waals surface area contributed by atoms with Gasteiger partial charge in [-0.15, -0.1) is 11.8 Å². The zero-order chi connectivity index (χ0) is 23.0. The van der Waals surface area contributed by atoms with Crippen molar-refractivity contribution in [2.75, 3.05) is 25.4 Å². The highest BCUT2D eigenvalue weighted by atomic mass is 35.5. The maximum Gasteiger partial charge on any atom is 0.241 e. The van der Waals surface area contributed by atoms with Crippen LogP contribution in [-0.4, -0.2) is 46.3 Å². The largest absolute Gasteiger partial charge is 0.356 e. The molecule has 1 fully saturated rings. The first-order valence-electron chi connectivity index (χ1n) is 11.0. The molecule has 4 rings (SSSR count). The molecule has 0 aliphatic carbocycles. The normalized spacial score (nSPS) is 16.6. The highest BCUT2D eigenvalue weighted by molar-refractivity contribution is 7.99. The Hall–Kier alpha value is -2.06. The lowest BCUT2D eigenvalue weighted by molar-refractivity contribution is -0.126. The van der Waals surface area contributed by atoms with E-state index < -0.39 is 0 Å². The van der Waals surface area contributed by atoms with E-state index in [0.29, 0.717) is 36.4 Å². The van der Waals surface area contributed by atoms with E-state index in [-0.39, 0.29) is 11.8 Å². The summed E-state index contributed by atoms with van der Waals surface area (Å²) < 4.78 is 5.44. The minimum absolute atomic E-state index is 0.0198. The lowest BCUT2D eigenvalue weighted by Gasteiger charge is -2.30. The second-order valence-electron chi connectivity index (χ2n) is 8.01. The molecule has 1 saturated heterocycles. The Balaban J connectivity index is 1.20. The molecule has 0 bridgehead atoms. The van der Waals surface area contributed by atoms with E-state index in [1.54, 1.807) is 17.8 Å². The second-order valence-corrected chi connectivity index (χ2v) is 10.0. The van der Waals surface area contributed by atoms with Gasteiger partial charge in [0.1, 0.15) is 0 Å². The van der Waals surface area contributed by atoms with Crippen molar-refractivity contribution in [2.24, 2.45) is 5.92 Å². The molecule has 2 aromatic carbocycles. The van der Waals surface area contributed by atoms with Crippen LogP contribution in [0.3, 0.4) is 0 Å². The molecule has 1 aromatic heterocycles. The van der Waals surface area contributed by atoms with Crippen molar-refractivity contribution in [1.29, 1.82) is 0 Å². The predicted molar refractivity (Wildman–Crippen MR) is 133 cm³/mol. The number of hydrogen-bond donors (Lipinski definition) is 1. The van der Waals surface area contributed by atoms with Crippen molar-refractivity contribution >= 4 is 40.9 Å². The highest BCUT2D eigenvalue weighted by Crippen LogP contribution is 2.26. The van der Waals surface area contributed by atoms with Crippen LogP contribution in [0.1, 0.15) is 25.2 Å². The van der Waals surface area contributed by atoms with Crippen molar-refractivity contribution in [2.45, 2.75) is 30.7 Å². The zero-order valence-electron chi connectivity index (χ0n) is 18.2. The monoisotopic (exact) mass is 504 g/mol. The third-order valence-electron chi connectivity index (χ3n) is 5.52. The van der Waals surface area contributed by atoms with Crippen LogP contribution in [0.4, 0.5) is 0 Å². The van der Waals surface area contributed by atoms with Gasteiger partial charge in [0.15, 0.2) is 0 Å². The number of aromatic nitrogens is 2. The molecule has 1 aliphatic rings. The lowest BCUT2D eigenvalue weighted by atomic mass is 9.97. The van der Waals surface area contributed by atoms with Crippen LogP contribution in [0, 0.1) is 5.92 Å². The molecule has 1 amide bonds. The van der Waals surface area contributed by atoms with Gasteiger partial charge in [-0.1, -0.05) is 40.5 Å². The third kappa shape index (κ3) is 6.96. The first-order chi connectivity index (χ1) is 16.1. The minimum Gasteiger partial charge on any atom is -0.356 e. The van der Waals surface area contributed by atoms with Gasteiger partial charge in [-0.3, -0.25) is 9.69 Å². The van der Waals surface area contributed by atoms with Crippen LogP contribution in [0.2, 0.25) is 10.0 Å². The number of carbonyl (C=O) groups excluding carboxylic acids is 1. The molecule has 3 aromatic rings. The van der Waals surface area contributed by atoms with Gasteiger partial charge in [-0.2, -0.15) is 4.98 Å². The molecule has 174 valence electrons. The standard InChI is InChI=1S/C24H26Cl2N4O2S/c25-18-8-10-19(11-9-18)33-14-4-12-27-24(31)17-5-3-13-30(15-17)16-22-28-23(29-32-22)20-6-1-2-7-21(20)26/h1-2,6-11,17H,3-5,12-16H2,(H,27,31). The summed E-state index contributed by atoms with van der Waals surface area (Å²) in [5, 5.41) is 8.50. The molecule has 0 saturated carbocycles. The number of rotatable bonds is 9. The molecule has 0 spiro atoms. The number of hydrogen-bond acceptors (Lipinski definition) is 6. The Morgan fingerprint density at radius 1 is 1.18 bits per heavy atom. The predicted octanol–water partition coefficient (Wildman–Crippen LogP) is 5.55. The van der Waals surface area contributed by atoms with Crippen LogP contribution in [0.5, 0.6) is 0 Å². The summed E-state index contributed by atoms with van der Waals surface area (Å²) in [4.78, 5) is 20.5. The third-order valence-corrected chi connectivity index (χ3v) is 7.20. The fourth-order valence-electron chi connectivity index (χ4n) is 3.82. The fourth-order valence-corrected chi connectivity index (χ4v) is 5.02. The molecule has 33 heavy (non-hydrogen) atoms. The van der Waals surface area contributed by atoms with E-state index in [0.717, 1.165) is 42.1 Å². The molecular weight excluding hydrogens is 479 g/mol. The highest BCUT2D eigenvalue weighted by Gasteiger charge is 2.26. The molecule has 6 nitrogen and oxygen atoms in total. The van der Waals surface area contributed by atoms with Crippen molar-refractivity contribution in [3.63, 3.8) is 0 Å². The summed E-state index contributed by atoms with van der Waals surface area (Å²) in [6.45, 7) is 2.81. The Morgan fingerprint density at radius 2 is 2.00 bits per heavy atom. The summed E-state index contributed by atoms with van der Waals surface area (Å²) in [7, 11) is 0. The number of nitrogens with one attached hydrogen (secondary N) is 1. The van der Waals surface area contributed by atoms with Gasteiger partial charge in [0.05, 0.1) is 17.5 Å². The maximum absolute atomic E-state index is 12.7. The quantitative estimate of drug-likeness (QED) is 0.304. The lowest BCUT2D eigenvalue weighted by Crippen LogP contribution is -2.43. The number of amides is 1. The first kappa shape index (κ1) is 24.1. The molecule has 1 atom stereocenters. The summed E-state index contributed by atoms with van der Waals surface area (Å²) in [5.74, 6) is 2.07. The fraction of sp³-hybridized carbons (Fsp3) is 0.375. The molecular formula is C24H26Cl2N4O2S. The van der Waals surface area contributed by atoms with E-state index >= 15 is 0 Å². The van der Waals surface area contributed by atoms with E-state index in [9.17, 15) is 4.79 Å². The Labute approximate surface area is 208 Å². The van der Waals surface area contributed by atoms with Gasteiger partial charge in [-0.25, -0.2) is 0 Å². The van der Waals surface area contributed by atoms with E-state index in [1.165, 1.54) is 4.90 Å². The number of carbonyl (C=O) groups is 1. The smallest absolute Gasteiger partial charge is 0.241 e. The van der Waals surface area contributed by atoms with Gasteiger partial charge >= 0.3 is 0 Å². The maximum atomic E-state index is 12.7. The van der Waals surface area contributed by atoms with Crippen LogP contribution >= 0.6 is 35.0 Å². The van der Waals surface area contributed by atoms with Gasteiger partial charge in [0.2, 0.25) is 17.6 Å². The average Bonchev–Trinajstić information content (AvgIpc) is 3.28. The average molecular weight is 505 g/mol. The van der Waals surface area contributed by atoms with E-state index in [1.807, 2.05) is 42.5 Å². The topological polar surface area (TPSA) is 71.3 Å². The molecule has 1 unspecified atom stereocenters. The minimum atomic E-state index is -0.0198. The molecule has 1 N–H and O–H groups in total. The molecule has 9 heteroatoms. The number of nitrogens with zero attached hydrogens (tertiary/aromatic N) is 3. The van der Waals surface area contributed by atoms with Crippen LogP contribution < -0.4 is 5.32 Å². The Kier molecular flexibility index (Phi) is 8.67. The number of benzene rings is 2. The number of halogens is 2. The van der Waals surface area contributed by atoms with Crippen molar-refractivity contribution in [3.05, 3.63) is 64.5 Å². The summed E-state index contributed by atoms with van der Waals surface area (Å²) in [6.07, 6.45) is 2.79. The summed E-state index contributed by atoms with van der Waals surface area (Å²) in [6, 6.07) is 15.2. The number of thioether (sulfide) groups is 1. The summed E-state index contributed by atoms with van der Waals surface area (Å²) in [5.41, 5.74) is 0.749. The molecule has 2 heterocycles. The van der Waals surface area contributed by atoms with Crippen molar-refractivity contribution in [1.82, 2.24) is 20.4 Å². The van der Waals surface area contributed by atoms with E-state index in [4.69, 9.17) is 27.7 Å². The second kappa shape index (κ2) is 11.9.